The molecule has 0 aliphatic rings. The van der Waals surface area contributed by atoms with E-state index >= 15 is 0 Å². The van der Waals surface area contributed by atoms with E-state index < -0.39 is 0 Å². The van der Waals surface area contributed by atoms with Crippen molar-refractivity contribution in [2.75, 3.05) is 19.5 Å². The number of nitrogens with zero attached hydrogens (tertiary/aromatic N) is 1. The van der Waals surface area contributed by atoms with E-state index in [1.54, 1.807) is 30.1 Å². The van der Waals surface area contributed by atoms with Crippen molar-refractivity contribution < 1.29 is 4.79 Å². The van der Waals surface area contributed by atoms with Crippen LogP contribution in [-0.2, 0) is 0 Å². The second-order valence-electron chi connectivity index (χ2n) is 4.13. The minimum Gasteiger partial charge on any atom is -0.342 e. The summed E-state index contributed by atoms with van der Waals surface area (Å²) in [5, 5.41) is 0.559. The molecule has 1 rings (SSSR count). The van der Waals surface area contributed by atoms with E-state index in [0.717, 1.165) is 30.3 Å². The lowest BCUT2D eigenvalue weighted by atomic mass is 10.2. The SMILES string of the molecule is CN(CCCCCCl)C(=O)c1cc(Cl)cc(Br)c1. The van der Waals surface area contributed by atoms with Gasteiger partial charge in [-0.3, -0.25) is 4.79 Å². The summed E-state index contributed by atoms with van der Waals surface area (Å²) in [7, 11) is 1.80. The average molecular weight is 353 g/mol. The first-order valence-electron chi connectivity index (χ1n) is 5.82. The zero-order valence-electron chi connectivity index (χ0n) is 10.3. The molecule has 0 aliphatic carbocycles. The summed E-state index contributed by atoms with van der Waals surface area (Å²) < 4.78 is 0.814. The van der Waals surface area contributed by atoms with Gasteiger partial charge in [-0.05, 0) is 31.0 Å². The Labute approximate surface area is 126 Å². The third-order valence-corrected chi connectivity index (χ3v) is 3.53. The van der Waals surface area contributed by atoms with Gasteiger partial charge in [0, 0.05) is 34.5 Å². The summed E-state index contributed by atoms with van der Waals surface area (Å²) in [5.74, 6) is 0.669. The molecule has 0 heterocycles. The van der Waals surface area contributed by atoms with Crippen LogP contribution in [0.1, 0.15) is 29.6 Å². The Balaban J connectivity index is 2.57. The first-order chi connectivity index (χ1) is 8.54. The number of carbonyl (C=O) groups excluding carboxylic acids is 1. The van der Waals surface area contributed by atoms with Gasteiger partial charge in [0.15, 0.2) is 0 Å². The zero-order chi connectivity index (χ0) is 13.5. The number of alkyl halides is 1. The molecule has 1 aromatic carbocycles. The fraction of sp³-hybridized carbons (Fsp3) is 0.462. The first-order valence-corrected chi connectivity index (χ1v) is 7.52. The Morgan fingerprint density at radius 1 is 1.28 bits per heavy atom. The Kier molecular flexibility index (Phi) is 7.05. The summed E-state index contributed by atoms with van der Waals surface area (Å²) in [6.07, 6.45) is 3.00. The fourth-order valence-corrected chi connectivity index (χ4v) is 2.67. The number of hydrogen-bond acceptors (Lipinski definition) is 1. The summed E-state index contributed by atoms with van der Waals surface area (Å²) in [5.41, 5.74) is 0.606. The van der Waals surface area contributed by atoms with Crippen LogP contribution in [0, 0.1) is 0 Å². The highest BCUT2D eigenvalue weighted by atomic mass is 79.9. The number of halogens is 3. The fourth-order valence-electron chi connectivity index (χ4n) is 1.62. The van der Waals surface area contributed by atoms with E-state index in [2.05, 4.69) is 15.9 Å². The van der Waals surface area contributed by atoms with Gasteiger partial charge in [0.1, 0.15) is 0 Å². The van der Waals surface area contributed by atoms with Crippen molar-refractivity contribution in [3.63, 3.8) is 0 Å². The van der Waals surface area contributed by atoms with E-state index in [1.807, 2.05) is 0 Å². The second kappa shape index (κ2) is 8.03. The van der Waals surface area contributed by atoms with Crippen LogP contribution in [0.2, 0.25) is 5.02 Å². The lowest BCUT2D eigenvalue weighted by Crippen LogP contribution is -2.27. The molecule has 1 amide bonds. The lowest BCUT2D eigenvalue weighted by molar-refractivity contribution is 0.0792. The molecule has 100 valence electrons. The molecule has 18 heavy (non-hydrogen) atoms. The lowest BCUT2D eigenvalue weighted by Gasteiger charge is -2.17. The van der Waals surface area contributed by atoms with Crippen LogP contribution < -0.4 is 0 Å². The molecule has 0 fully saturated rings. The number of carbonyl (C=O) groups is 1. The van der Waals surface area contributed by atoms with Crippen LogP contribution in [0.4, 0.5) is 0 Å². The van der Waals surface area contributed by atoms with Gasteiger partial charge in [0.05, 0.1) is 0 Å². The standard InChI is InChI=1S/C13H16BrCl2NO/c1-17(6-4-2-3-5-15)13(18)10-7-11(14)9-12(16)8-10/h7-9H,2-6H2,1H3. The van der Waals surface area contributed by atoms with E-state index in [1.165, 1.54) is 0 Å². The minimum atomic E-state index is -0.0101. The molecule has 0 spiro atoms. The quantitative estimate of drug-likeness (QED) is 0.541. The van der Waals surface area contributed by atoms with Crippen molar-refractivity contribution in [2.45, 2.75) is 19.3 Å². The molecule has 0 saturated heterocycles. The molecule has 0 aliphatic heterocycles. The van der Waals surface area contributed by atoms with Crippen molar-refractivity contribution >= 4 is 45.0 Å². The molecule has 0 bridgehead atoms. The van der Waals surface area contributed by atoms with Gasteiger partial charge in [-0.25, -0.2) is 0 Å². The summed E-state index contributed by atoms with van der Waals surface area (Å²) >= 11 is 14.9. The van der Waals surface area contributed by atoms with Gasteiger partial charge in [-0.1, -0.05) is 34.0 Å². The number of hydrogen-bond donors (Lipinski definition) is 0. The number of rotatable bonds is 6. The van der Waals surface area contributed by atoms with E-state index in [9.17, 15) is 4.79 Å². The van der Waals surface area contributed by atoms with Crippen molar-refractivity contribution in [1.29, 1.82) is 0 Å². The molecular formula is C13H16BrCl2NO. The van der Waals surface area contributed by atoms with Crippen LogP contribution in [0.5, 0.6) is 0 Å². The molecule has 0 unspecified atom stereocenters. The largest absolute Gasteiger partial charge is 0.342 e. The smallest absolute Gasteiger partial charge is 0.253 e. The Morgan fingerprint density at radius 2 is 2.00 bits per heavy atom. The van der Waals surface area contributed by atoms with Gasteiger partial charge in [0.25, 0.3) is 5.91 Å². The zero-order valence-corrected chi connectivity index (χ0v) is 13.4. The highest BCUT2D eigenvalue weighted by Crippen LogP contribution is 2.20. The van der Waals surface area contributed by atoms with Gasteiger partial charge < -0.3 is 4.90 Å². The van der Waals surface area contributed by atoms with E-state index in [-0.39, 0.29) is 5.91 Å². The number of unbranched alkanes of at least 4 members (excludes halogenated alkanes) is 2. The Hall–Kier alpha value is -0.250. The number of amides is 1. The van der Waals surface area contributed by atoms with E-state index in [0.29, 0.717) is 16.5 Å². The van der Waals surface area contributed by atoms with Crippen LogP contribution in [0.25, 0.3) is 0 Å². The van der Waals surface area contributed by atoms with Gasteiger partial charge in [0.2, 0.25) is 0 Å². The summed E-state index contributed by atoms with van der Waals surface area (Å²) in [6.45, 7) is 0.736. The molecule has 0 radical (unpaired) electrons. The first kappa shape index (κ1) is 15.8. The molecule has 0 aromatic heterocycles. The van der Waals surface area contributed by atoms with Crippen LogP contribution in [-0.4, -0.2) is 30.3 Å². The van der Waals surface area contributed by atoms with Crippen molar-refractivity contribution in [3.05, 3.63) is 33.3 Å². The van der Waals surface area contributed by atoms with E-state index in [4.69, 9.17) is 23.2 Å². The Bertz CT molecular complexity index is 392. The molecular weight excluding hydrogens is 337 g/mol. The maximum absolute atomic E-state index is 12.1. The third kappa shape index (κ3) is 5.17. The summed E-state index contributed by atoms with van der Waals surface area (Å²) in [4.78, 5) is 13.8. The summed E-state index contributed by atoms with van der Waals surface area (Å²) in [6, 6.07) is 5.23. The predicted molar refractivity (Wildman–Crippen MR) is 80.7 cm³/mol. The highest BCUT2D eigenvalue weighted by molar-refractivity contribution is 9.10. The van der Waals surface area contributed by atoms with Crippen LogP contribution in [0.15, 0.2) is 22.7 Å². The monoisotopic (exact) mass is 351 g/mol. The minimum absolute atomic E-state index is 0.0101. The average Bonchev–Trinajstić information content (AvgIpc) is 2.32. The molecule has 0 saturated carbocycles. The highest BCUT2D eigenvalue weighted by Gasteiger charge is 2.12. The topological polar surface area (TPSA) is 20.3 Å². The number of benzene rings is 1. The molecule has 1 aromatic rings. The molecule has 5 heteroatoms. The van der Waals surface area contributed by atoms with Gasteiger partial charge >= 0.3 is 0 Å². The van der Waals surface area contributed by atoms with Crippen LogP contribution in [0.3, 0.4) is 0 Å². The maximum Gasteiger partial charge on any atom is 0.253 e. The third-order valence-electron chi connectivity index (χ3n) is 2.58. The Morgan fingerprint density at radius 3 is 2.61 bits per heavy atom. The van der Waals surface area contributed by atoms with Crippen molar-refractivity contribution in [1.82, 2.24) is 4.90 Å². The predicted octanol–water partition coefficient (Wildman–Crippen LogP) is 4.58. The second-order valence-corrected chi connectivity index (χ2v) is 5.86. The van der Waals surface area contributed by atoms with Gasteiger partial charge in [-0.15, -0.1) is 11.6 Å². The molecule has 0 N–H and O–H groups in total. The maximum atomic E-state index is 12.1. The van der Waals surface area contributed by atoms with Crippen LogP contribution >= 0.6 is 39.1 Å². The molecule has 2 nitrogen and oxygen atoms in total. The van der Waals surface area contributed by atoms with Crippen molar-refractivity contribution in [2.24, 2.45) is 0 Å². The molecule has 0 atom stereocenters. The van der Waals surface area contributed by atoms with Gasteiger partial charge in [-0.2, -0.15) is 0 Å². The van der Waals surface area contributed by atoms with Crippen molar-refractivity contribution in [3.8, 4) is 0 Å². The normalized spacial score (nSPS) is 10.4.